The zero-order chi connectivity index (χ0) is 10.4. The number of hydrogen-bond acceptors (Lipinski definition) is 2. The van der Waals surface area contributed by atoms with Crippen molar-refractivity contribution < 1.29 is 4.79 Å². The Kier molecular flexibility index (Phi) is 5.67. The maximum Gasteiger partial charge on any atom is 0.245 e. The summed E-state index contributed by atoms with van der Waals surface area (Å²) in [5.74, 6) is -0.362. The van der Waals surface area contributed by atoms with Gasteiger partial charge in [0.05, 0.1) is 0 Å². The molecule has 3 heterocycles. The van der Waals surface area contributed by atoms with Crippen molar-refractivity contribution in [3.05, 3.63) is 41.4 Å². The number of carbonyl (C=O) groups is 1. The summed E-state index contributed by atoms with van der Waals surface area (Å²) in [6, 6.07) is 5.80. The standard InChI is InChI=1S/C11H9N3O.3ClH/c12-11(15)7-4-8-2-1-3-10-13-6-9(5-7)14(8)10;;;/h1-4,6H,5H2,(H2,12,15);3*1H. The number of nitrogens with two attached hydrogens (primary N) is 1. The lowest BCUT2D eigenvalue weighted by atomic mass is 10.1. The largest absolute Gasteiger partial charge is 0.366 e. The van der Waals surface area contributed by atoms with Gasteiger partial charge in [-0.25, -0.2) is 4.98 Å². The number of carbonyl (C=O) groups excluding carboxylic acids is 1. The normalized spacial score (nSPS) is 11.7. The molecule has 2 N–H and O–H groups in total. The van der Waals surface area contributed by atoms with E-state index in [0.717, 1.165) is 17.0 Å². The van der Waals surface area contributed by atoms with Gasteiger partial charge in [0.1, 0.15) is 5.65 Å². The van der Waals surface area contributed by atoms with Crippen LogP contribution < -0.4 is 5.73 Å². The molecule has 2 aromatic rings. The Labute approximate surface area is 122 Å². The molecule has 0 saturated heterocycles. The molecule has 1 amide bonds. The highest BCUT2D eigenvalue weighted by atomic mass is 35.5. The number of nitrogens with zero attached hydrogens (tertiary/aromatic N) is 2. The molecule has 0 fully saturated rings. The van der Waals surface area contributed by atoms with E-state index in [1.807, 2.05) is 28.7 Å². The number of pyridine rings is 1. The monoisotopic (exact) mass is 307 g/mol. The molecule has 0 aliphatic carbocycles. The van der Waals surface area contributed by atoms with Gasteiger partial charge in [-0.1, -0.05) is 6.07 Å². The molecule has 1 aliphatic rings. The van der Waals surface area contributed by atoms with Crippen LogP contribution in [0.2, 0.25) is 0 Å². The molecular weight excluding hydrogens is 297 g/mol. The van der Waals surface area contributed by atoms with E-state index in [-0.39, 0.29) is 43.1 Å². The van der Waals surface area contributed by atoms with Crippen molar-refractivity contribution in [2.45, 2.75) is 6.42 Å². The van der Waals surface area contributed by atoms with Crippen molar-refractivity contribution in [3.8, 4) is 0 Å². The first kappa shape index (κ1) is 16.8. The van der Waals surface area contributed by atoms with E-state index in [1.54, 1.807) is 6.20 Å². The zero-order valence-electron chi connectivity index (χ0n) is 9.20. The third kappa shape index (κ3) is 2.46. The molecule has 0 saturated carbocycles. The number of hydrogen-bond donors (Lipinski definition) is 1. The molecule has 0 bridgehead atoms. The lowest BCUT2D eigenvalue weighted by Gasteiger charge is -2.12. The van der Waals surface area contributed by atoms with Crippen LogP contribution in [-0.4, -0.2) is 15.3 Å². The summed E-state index contributed by atoms with van der Waals surface area (Å²) >= 11 is 0. The predicted octanol–water partition coefficient (Wildman–Crippen LogP) is 2.02. The fourth-order valence-electron chi connectivity index (χ4n) is 1.95. The van der Waals surface area contributed by atoms with Gasteiger partial charge < -0.3 is 5.73 Å². The van der Waals surface area contributed by atoms with E-state index in [0.29, 0.717) is 12.0 Å². The number of imidazole rings is 1. The van der Waals surface area contributed by atoms with Gasteiger partial charge in [-0.05, 0) is 18.2 Å². The summed E-state index contributed by atoms with van der Waals surface area (Å²) in [5.41, 5.74) is 8.79. The van der Waals surface area contributed by atoms with Gasteiger partial charge in [0.2, 0.25) is 5.91 Å². The van der Waals surface area contributed by atoms with Crippen molar-refractivity contribution in [1.29, 1.82) is 0 Å². The van der Waals surface area contributed by atoms with E-state index in [1.165, 1.54) is 0 Å². The number of rotatable bonds is 1. The van der Waals surface area contributed by atoms with Crippen LogP contribution in [0.5, 0.6) is 0 Å². The number of amides is 1. The Balaban J connectivity index is 0.000000963. The Bertz CT molecular complexity index is 607. The molecular formula is C11H12Cl3N3O. The highest BCUT2D eigenvalue weighted by molar-refractivity contribution is 5.97. The number of aromatic nitrogens is 2. The Morgan fingerprint density at radius 1 is 1.28 bits per heavy atom. The second kappa shape index (κ2) is 6.09. The number of primary amides is 1. The van der Waals surface area contributed by atoms with E-state index < -0.39 is 0 Å². The summed E-state index contributed by atoms with van der Waals surface area (Å²) < 4.78 is 2.03. The average Bonchev–Trinajstić information content (AvgIpc) is 2.64. The van der Waals surface area contributed by atoms with Crippen molar-refractivity contribution in [2.75, 3.05) is 0 Å². The lowest BCUT2D eigenvalue weighted by Crippen LogP contribution is -2.18. The molecule has 0 unspecified atom stereocenters. The Morgan fingerprint density at radius 3 is 2.67 bits per heavy atom. The highest BCUT2D eigenvalue weighted by Crippen LogP contribution is 2.21. The first-order valence-corrected chi connectivity index (χ1v) is 4.71. The maximum atomic E-state index is 11.1. The first-order valence-electron chi connectivity index (χ1n) is 4.71. The van der Waals surface area contributed by atoms with Crippen LogP contribution in [0.25, 0.3) is 11.7 Å². The summed E-state index contributed by atoms with van der Waals surface area (Å²) in [4.78, 5) is 15.4. The molecule has 4 nitrogen and oxygen atoms in total. The van der Waals surface area contributed by atoms with E-state index in [9.17, 15) is 4.79 Å². The van der Waals surface area contributed by atoms with Crippen LogP contribution in [0.4, 0.5) is 0 Å². The lowest BCUT2D eigenvalue weighted by molar-refractivity contribution is -0.114. The third-order valence-electron chi connectivity index (χ3n) is 2.64. The molecule has 2 aromatic heterocycles. The van der Waals surface area contributed by atoms with Gasteiger partial charge >= 0.3 is 0 Å². The van der Waals surface area contributed by atoms with Crippen molar-refractivity contribution in [1.82, 2.24) is 9.38 Å². The van der Waals surface area contributed by atoms with Crippen LogP contribution in [-0.2, 0) is 11.2 Å². The van der Waals surface area contributed by atoms with Crippen LogP contribution in [0.1, 0.15) is 11.4 Å². The second-order valence-electron chi connectivity index (χ2n) is 3.60. The van der Waals surface area contributed by atoms with Gasteiger partial charge in [-0.3, -0.25) is 9.20 Å². The van der Waals surface area contributed by atoms with Gasteiger partial charge in [0.25, 0.3) is 0 Å². The SMILES string of the molecule is Cl.Cl.Cl.NC(=O)C1=Cc2cccc3ncc(n23)C1. The van der Waals surface area contributed by atoms with E-state index in [2.05, 4.69) is 4.98 Å². The minimum absolute atomic E-state index is 0. The van der Waals surface area contributed by atoms with Crippen molar-refractivity contribution in [2.24, 2.45) is 5.73 Å². The molecule has 98 valence electrons. The van der Waals surface area contributed by atoms with Gasteiger partial charge in [0.15, 0.2) is 0 Å². The van der Waals surface area contributed by atoms with Crippen LogP contribution >= 0.6 is 37.2 Å². The number of halogens is 3. The fourth-order valence-corrected chi connectivity index (χ4v) is 1.95. The highest BCUT2D eigenvalue weighted by Gasteiger charge is 2.16. The summed E-state index contributed by atoms with van der Waals surface area (Å²) in [6.07, 6.45) is 4.17. The van der Waals surface area contributed by atoms with Crippen LogP contribution in [0, 0.1) is 0 Å². The average molecular weight is 309 g/mol. The molecule has 0 atom stereocenters. The summed E-state index contributed by atoms with van der Waals surface area (Å²) in [6.45, 7) is 0. The van der Waals surface area contributed by atoms with Gasteiger partial charge in [0, 0.05) is 29.6 Å². The molecule has 18 heavy (non-hydrogen) atoms. The van der Waals surface area contributed by atoms with Gasteiger partial charge in [-0.2, -0.15) is 0 Å². The first-order chi connectivity index (χ1) is 7.25. The molecule has 0 spiro atoms. The molecule has 7 heteroatoms. The summed E-state index contributed by atoms with van der Waals surface area (Å²) in [5, 5.41) is 0. The molecule has 0 aromatic carbocycles. The Morgan fingerprint density at radius 2 is 2.00 bits per heavy atom. The Hall–Kier alpha value is -1.23. The van der Waals surface area contributed by atoms with Crippen LogP contribution in [0.3, 0.4) is 0 Å². The second-order valence-corrected chi connectivity index (χ2v) is 3.60. The van der Waals surface area contributed by atoms with E-state index >= 15 is 0 Å². The van der Waals surface area contributed by atoms with Crippen molar-refractivity contribution in [3.63, 3.8) is 0 Å². The molecule has 1 aliphatic heterocycles. The van der Waals surface area contributed by atoms with Gasteiger partial charge in [-0.15, -0.1) is 37.2 Å². The van der Waals surface area contributed by atoms with Crippen molar-refractivity contribution >= 4 is 54.9 Å². The quantitative estimate of drug-likeness (QED) is 0.876. The molecule has 0 radical (unpaired) electrons. The third-order valence-corrected chi connectivity index (χ3v) is 2.64. The predicted molar refractivity (Wildman–Crippen MR) is 77.8 cm³/mol. The minimum Gasteiger partial charge on any atom is -0.366 e. The van der Waals surface area contributed by atoms with E-state index in [4.69, 9.17) is 5.73 Å². The van der Waals surface area contributed by atoms with Crippen LogP contribution in [0.15, 0.2) is 30.0 Å². The minimum atomic E-state index is -0.362. The summed E-state index contributed by atoms with van der Waals surface area (Å²) in [7, 11) is 0. The topological polar surface area (TPSA) is 60.4 Å². The smallest absolute Gasteiger partial charge is 0.245 e. The fraction of sp³-hybridized carbons (Fsp3) is 0.0909. The molecule has 3 rings (SSSR count). The maximum absolute atomic E-state index is 11.1. The zero-order valence-corrected chi connectivity index (χ0v) is 11.6.